The smallest absolute Gasteiger partial charge is 0.225 e. The van der Waals surface area contributed by atoms with E-state index in [0.717, 1.165) is 9.75 Å². The summed E-state index contributed by atoms with van der Waals surface area (Å²) in [5.74, 6) is 0.631. The van der Waals surface area contributed by atoms with Crippen molar-refractivity contribution in [3.8, 4) is 15.6 Å². The molecule has 0 amide bonds. The van der Waals surface area contributed by atoms with Crippen LogP contribution in [0.1, 0.15) is 0 Å². The third-order valence-corrected chi connectivity index (χ3v) is 3.26. The molecule has 0 aromatic carbocycles. The normalized spacial score (nSPS) is 10.2. The van der Waals surface area contributed by atoms with E-state index < -0.39 is 0 Å². The van der Waals surface area contributed by atoms with Gasteiger partial charge in [0.15, 0.2) is 5.13 Å². The number of thiazole rings is 1. The van der Waals surface area contributed by atoms with Gasteiger partial charge in [-0.05, 0) is 11.5 Å². The molecular weight excluding hydrogens is 206 g/mol. The molecule has 2 rings (SSSR count). The summed E-state index contributed by atoms with van der Waals surface area (Å²) in [7, 11) is 1.60. The highest BCUT2D eigenvalue weighted by Crippen LogP contribution is 2.32. The lowest BCUT2D eigenvalue weighted by molar-refractivity contribution is 0.403. The lowest BCUT2D eigenvalue weighted by atomic mass is 10.4. The predicted molar refractivity (Wildman–Crippen MR) is 54.2 cm³/mol. The van der Waals surface area contributed by atoms with Gasteiger partial charge in [-0.15, -0.1) is 0 Å². The number of hydrogen-bond acceptors (Lipinski definition) is 6. The van der Waals surface area contributed by atoms with Crippen LogP contribution < -0.4 is 10.5 Å². The Kier molecular flexibility index (Phi) is 2.15. The average molecular weight is 213 g/mol. The fourth-order valence-electron chi connectivity index (χ4n) is 0.873. The number of hydrogen-bond donors (Lipinski definition) is 1. The van der Waals surface area contributed by atoms with Crippen molar-refractivity contribution in [2.45, 2.75) is 0 Å². The van der Waals surface area contributed by atoms with E-state index >= 15 is 0 Å². The minimum absolute atomic E-state index is 0.572. The molecule has 0 saturated carbocycles. The van der Waals surface area contributed by atoms with Crippen LogP contribution in [0.4, 0.5) is 5.13 Å². The van der Waals surface area contributed by atoms with Gasteiger partial charge in [0.1, 0.15) is 0 Å². The number of nitrogens with zero attached hydrogens (tertiary/aromatic N) is 2. The molecule has 2 heterocycles. The van der Waals surface area contributed by atoms with Crippen LogP contribution in [-0.2, 0) is 0 Å². The molecular formula is C7H7N3OS2. The van der Waals surface area contributed by atoms with Crippen LogP contribution in [0.15, 0.2) is 12.3 Å². The van der Waals surface area contributed by atoms with Crippen LogP contribution in [-0.4, -0.2) is 16.5 Å². The van der Waals surface area contributed by atoms with Gasteiger partial charge in [-0.1, -0.05) is 11.3 Å². The Labute approximate surface area is 83.2 Å². The second-order valence-electron chi connectivity index (χ2n) is 2.30. The summed E-state index contributed by atoms with van der Waals surface area (Å²) in [4.78, 5) is 6.02. The van der Waals surface area contributed by atoms with Crippen LogP contribution in [0.5, 0.6) is 5.88 Å². The molecule has 13 heavy (non-hydrogen) atoms. The second kappa shape index (κ2) is 3.31. The van der Waals surface area contributed by atoms with E-state index in [9.17, 15) is 0 Å². The maximum absolute atomic E-state index is 5.52. The Hall–Kier alpha value is -1.14. The molecule has 2 aromatic heterocycles. The Morgan fingerprint density at radius 2 is 2.31 bits per heavy atom. The van der Waals surface area contributed by atoms with E-state index in [2.05, 4.69) is 9.36 Å². The fourth-order valence-corrected chi connectivity index (χ4v) is 2.32. The van der Waals surface area contributed by atoms with Gasteiger partial charge < -0.3 is 10.5 Å². The predicted octanol–water partition coefficient (Wildman–Crippen LogP) is 1.86. The fraction of sp³-hybridized carbons (Fsp3) is 0.143. The summed E-state index contributed by atoms with van der Waals surface area (Å²) in [5.41, 5.74) is 5.52. The van der Waals surface area contributed by atoms with Crippen LogP contribution in [0, 0.1) is 0 Å². The topological polar surface area (TPSA) is 61.0 Å². The van der Waals surface area contributed by atoms with E-state index in [-0.39, 0.29) is 0 Å². The van der Waals surface area contributed by atoms with Crippen LogP contribution >= 0.6 is 22.9 Å². The van der Waals surface area contributed by atoms with Gasteiger partial charge in [0, 0.05) is 12.3 Å². The van der Waals surface area contributed by atoms with Gasteiger partial charge in [0.25, 0.3) is 0 Å². The molecule has 0 saturated heterocycles. The number of anilines is 1. The highest BCUT2D eigenvalue weighted by molar-refractivity contribution is 7.22. The zero-order valence-corrected chi connectivity index (χ0v) is 8.48. The largest absolute Gasteiger partial charge is 0.480 e. The lowest BCUT2D eigenvalue weighted by Crippen LogP contribution is -1.78. The van der Waals surface area contributed by atoms with Crippen LogP contribution in [0.25, 0.3) is 9.75 Å². The standard InChI is InChI=1S/C7H7N3OS2/c1-11-6-2-4(13-10-6)5-3-9-7(8)12-5/h2-3H,1H3,(H2,8,9). The van der Waals surface area contributed by atoms with Crippen LogP contribution in [0.2, 0.25) is 0 Å². The summed E-state index contributed by atoms with van der Waals surface area (Å²) in [6.07, 6.45) is 1.74. The number of methoxy groups -OCH3 is 1. The Morgan fingerprint density at radius 3 is 2.85 bits per heavy atom. The molecule has 0 unspecified atom stereocenters. The van der Waals surface area contributed by atoms with Crippen molar-refractivity contribution < 1.29 is 4.74 Å². The lowest BCUT2D eigenvalue weighted by Gasteiger charge is -1.87. The molecule has 68 valence electrons. The molecule has 6 heteroatoms. The van der Waals surface area contributed by atoms with Gasteiger partial charge in [-0.2, -0.15) is 4.37 Å². The van der Waals surface area contributed by atoms with Crippen molar-refractivity contribution in [2.75, 3.05) is 12.8 Å². The molecule has 0 atom stereocenters. The number of nitrogens with two attached hydrogens (primary N) is 1. The Morgan fingerprint density at radius 1 is 1.46 bits per heavy atom. The van der Waals surface area contributed by atoms with Crippen molar-refractivity contribution in [1.29, 1.82) is 0 Å². The molecule has 0 bridgehead atoms. The summed E-state index contributed by atoms with van der Waals surface area (Å²) in [5, 5.41) is 0.572. The average Bonchev–Trinajstić information content (AvgIpc) is 2.71. The summed E-state index contributed by atoms with van der Waals surface area (Å²) >= 11 is 2.83. The van der Waals surface area contributed by atoms with E-state index in [1.807, 2.05) is 6.07 Å². The van der Waals surface area contributed by atoms with E-state index in [1.54, 1.807) is 13.3 Å². The SMILES string of the molecule is COc1cc(-c2cnc(N)s2)sn1. The Bertz CT molecular complexity index is 409. The zero-order chi connectivity index (χ0) is 9.26. The zero-order valence-electron chi connectivity index (χ0n) is 6.85. The molecule has 4 nitrogen and oxygen atoms in total. The number of ether oxygens (including phenoxy) is 1. The summed E-state index contributed by atoms with van der Waals surface area (Å²) in [6.45, 7) is 0. The maximum atomic E-state index is 5.52. The second-order valence-corrected chi connectivity index (χ2v) is 4.16. The van der Waals surface area contributed by atoms with E-state index in [1.165, 1.54) is 22.9 Å². The summed E-state index contributed by atoms with van der Waals surface area (Å²) in [6, 6.07) is 1.87. The van der Waals surface area contributed by atoms with Gasteiger partial charge in [-0.25, -0.2) is 4.98 Å². The van der Waals surface area contributed by atoms with Crippen molar-refractivity contribution in [3.63, 3.8) is 0 Å². The van der Waals surface area contributed by atoms with Gasteiger partial charge in [0.05, 0.1) is 16.9 Å². The minimum Gasteiger partial charge on any atom is -0.480 e. The molecule has 0 spiro atoms. The number of rotatable bonds is 2. The van der Waals surface area contributed by atoms with Gasteiger partial charge in [-0.3, -0.25) is 0 Å². The van der Waals surface area contributed by atoms with Crippen molar-refractivity contribution in [2.24, 2.45) is 0 Å². The van der Waals surface area contributed by atoms with Crippen molar-refractivity contribution in [3.05, 3.63) is 12.3 Å². The number of aromatic nitrogens is 2. The molecule has 0 radical (unpaired) electrons. The third-order valence-electron chi connectivity index (χ3n) is 1.46. The molecule has 2 N–H and O–H groups in total. The van der Waals surface area contributed by atoms with Gasteiger partial charge in [0.2, 0.25) is 5.88 Å². The Balaban J connectivity index is 2.35. The molecule has 0 fully saturated rings. The monoisotopic (exact) mass is 213 g/mol. The van der Waals surface area contributed by atoms with Crippen molar-refractivity contribution >= 4 is 28.0 Å². The first-order valence-corrected chi connectivity index (χ1v) is 5.11. The summed E-state index contributed by atoms with van der Waals surface area (Å²) < 4.78 is 9.05. The number of nitrogen functional groups attached to an aromatic ring is 1. The molecule has 0 aliphatic heterocycles. The maximum Gasteiger partial charge on any atom is 0.225 e. The first kappa shape index (κ1) is 8.46. The molecule has 0 aliphatic carbocycles. The third kappa shape index (κ3) is 1.63. The first-order chi connectivity index (χ1) is 6.29. The molecule has 0 aliphatic rings. The first-order valence-electron chi connectivity index (χ1n) is 3.52. The quantitative estimate of drug-likeness (QED) is 0.827. The highest BCUT2D eigenvalue weighted by atomic mass is 32.1. The highest BCUT2D eigenvalue weighted by Gasteiger charge is 2.06. The van der Waals surface area contributed by atoms with E-state index in [4.69, 9.17) is 10.5 Å². The van der Waals surface area contributed by atoms with Crippen LogP contribution in [0.3, 0.4) is 0 Å². The minimum atomic E-state index is 0.572. The van der Waals surface area contributed by atoms with Gasteiger partial charge >= 0.3 is 0 Å². The van der Waals surface area contributed by atoms with E-state index in [0.29, 0.717) is 11.0 Å². The molecule has 2 aromatic rings. The van der Waals surface area contributed by atoms with Crippen molar-refractivity contribution in [1.82, 2.24) is 9.36 Å².